The molecule has 2 aromatic carbocycles. The fourth-order valence-electron chi connectivity index (χ4n) is 3.39. The number of benzene rings is 2. The van der Waals surface area contributed by atoms with Gasteiger partial charge in [-0.1, -0.05) is 23.4 Å². The zero-order chi connectivity index (χ0) is 26.4. The smallest absolute Gasteiger partial charge is 0.294 e. The van der Waals surface area contributed by atoms with Gasteiger partial charge in [-0.2, -0.15) is 9.78 Å². The number of hydrogen-bond donors (Lipinski definition) is 2. The molecule has 1 amide bonds. The molecule has 0 unspecified atom stereocenters. The zero-order valence-corrected chi connectivity index (χ0v) is 20.9. The Morgan fingerprint density at radius 1 is 1.16 bits per heavy atom. The highest BCUT2D eigenvalue weighted by atomic mass is 16.6. The largest absolute Gasteiger partial charge is 0.494 e. The molecule has 0 spiro atoms. The minimum absolute atomic E-state index is 0.00154. The van der Waals surface area contributed by atoms with E-state index in [9.17, 15) is 4.79 Å². The first-order valence-electron chi connectivity index (χ1n) is 11.4. The molecule has 2 heterocycles. The molecule has 3 N–H and O–H groups in total. The van der Waals surface area contributed by atoms with Crippen LogP contribution < -0.4 is 20.8 Å². The van der Waals surface area contributed by atoms with Gasteiger partial charge in [0.05, 0.1) is 12.3 Å². The molecule has 0 atom stereocenters. The molecule has 0 radical (unpaired) electrons. The molecular formula is C25H27N9O3. The van der Waals surface area contributed by atoms with E-state index in [2.05, 4.69) is 31.2 Å². The van der Waals surface area contributed by atoms with Crippen LogP contribution in [0.15, 0.2) is 64.3 Å². The van der Waals surface area contributed by atoms with E-state index >= 15 is 0 Å². The maximum atomic E-state index is 13.1. The number of amides is 1. The topological polar surface area (TPSA) is 150 Å². The number of carbonyl (C=O) groups is 1. The van der Waals surface area contributed by atoms with Crippen LogP contribution in [0.2, 0.25) is 0 Å². The van der Waals surface area contributed by atoms with Crippen molar-refractivity contribution in [3.63, 3.8) is 0 Å². The Balaban J connectivity index is 1.57. The fraction of sp³-hybridized carbons (Fsp3) is 0.200. The van der Waals surface area contributed by atoms with Crippen LogP contribution in [0.5, 0.6) is 5.75 Å². The minimum Gasteiger partial charge on any atom is -0.494 e. The lowest BCUT2D eigenvalue weighted by atomic mass is 10.1. The van der Waals surface area contributed by atoms with Gasteiger partial charge in [0.1, 0.15) is 11.4 Å². The van der Waals surface area contributed by atoms with Crippen molar-refractivity contribution in [1.29, 1.82) is 0 Å². The third kappa shape index (κ3) is 5.81. The van der Waals surface area contributed by atoms with Crippen molar-refractivity contribution in [1.82, 2.24) is 30.7 Å². The van der Waals surface area contributed by atoms with E-state index in [0.29, 0.717) is 29.3 Å². The molecule has 0 aliphatic carbocycles. The Kier molecular flexibility index (Phi) is 7.57. The number of hydrogen-bond acceptors (Lipinski definition) is 10. The molecule has 12 heteroatoms. The number of nitrogens with two attached hydrogens (primary N) is 1. The summed E-state index contributed by atoms with van der Waals surface area (Å²) in [6.45, 7) is 4.20. The molecule has 2 aromatic heterocycles. The Bertz CT molecular complexity index is 1420. The Morgan fingerprint density at radius 2 is 1.89 bits per heavy atom. The number of nitrogens with one attached hydrogen (secondary N) is 1. The summed E-state index contributed by atoms with van der Waals surface area (Å²) in [7, 11) is 3.98. The highest BCUT2D eigenvalue weighted by molar-refractivity contribution is 6.01. The van der Waals surface area contributed by atoms with Gasteiger partial charge in [0, 0.05) is 25.3 Å². The Hall–Kier alpha value is -5.00. The fourth-order valence-corrected chi connectivity index (χ4v) is 3.39. The second-order valence-electron chi connectivity index (χ2n) is 8.14. The molecule has 4 rings (SSSR count). The highest BCUT2D eigenvalue weighted by Crippen LogP contribution is 2.28. The first-order valence-corrected chi connectivity index (χ1v) is 11.4. The van der Waals surface area contributed by atoms with Gasteiger partial charge >= 0.3 is 0 Å². The maximum absolute atomic E-state index is 13.1. The van der Waals surface area contributed by atoms with Crippen LogP contribution in [0.25, 0.3) is 23.2 Å². The summed E-state index contributed by atoms with van der Waals surface area (Å²) < 4.78 is 11.5. The number of allylic oxidation sites excluding steroid dienone is 1. The third-order valence-electron chi connectivity index (χ3n) is 5.28. The predicted molar refractivity (Wildman–Crippen MR) is 141 cm³/mol. The maximum Gasteiger partial charge on any atom is 0.294 e. The quantitative estimate of drug-likeness (QED) is 0.260. The number of rotatable bonds is 9. The molecule has 190 valence electrons. The zero-order valence-electron chi connectivity index (χ0n) is 20.9. The SMILES string of the molecule is CCOc1ccc(-c2c(C(=O)N/N=C(C)\C=C\c3ccc(N(C)C)cc3)nnn2-c2nonc2N)cc1. The van der Waals surface area contributed by atoms with E-state index in [4.69, 9.17) is 15.1 Å². The van der Waals surface area contributed by atoms with E-state index in [1.165, 1.54) is 4.68 Å². The van der Waals surface area contributed by atoms with Gasteiger partial charge in [-0.25, -0.2) is 10.1 Å². The molecule has 0 fully saturated rings. The van der Waals surface area contributed by atoms with Crippen molar-refractivity contribution in [2.45, 2.75) is 13.8 Å². The molecular weight excluding hydrogens is 474 g/mol. The average Bonchev–Trinajstić information content (AvgIpc) is 3.53. The van der Waals surface area contributed by atoms with Crippen LogP contribution in [0.4, 0.5) is 11.5 Å². The summed E-state index contributed by atoms with van der Waals surface area (Å²) in [5, 5.41) is 19.7. The van der Waals surface area contributed by atoms with E-state index in [1.807, 2.05) is 56.3 Å². The summed E-state index contributed by atoms with van der Waals surface area (Å²) in [6, 6.07) is 15.2. The summed E-state index contributed by atoms with van der Waals surface area (Å²) in [5.41, 5.74) is 12.1. The van der Waals surface area contributed by atoms with E-state index in [-0.39, 0.29) is 17.3 Å². The van der Waals surface area contributed by atoms with Crippen LogP contribution in [0.1, 0.15) is 29.9 Å². The molecule has 0 saturated carbocycles. The van der Waals surface area contributed by atoms with Crippen LogP contribution in [-0.2, 0) is 0 Å². The van der Waals surface area contributed by atoms with Gasteiger partial charge in [0.2, 0.25) is 11.6 Å². The number of carbonyl (C=O) groups excluding carboxylic acids is 1. The molecule has 0 saturated heterocycles. The van der Waals surface area contributed by atoms with Gasteiger partial charge in [0.15, 0.2) is 5.69 Å². The number of ether oxygens (including phenoxy) is 1. The van der Waals surface area contributed by atoms with Crippen LogP contribution in [0.3, 0.4) is 0 Å². The van der Waals surface area contributed by atoms with Crippen LogP contribution in [-0.4, -0.2) is 57.6 Å². The van der Waals surface area contributed by atoms with Gasteiger partial charge in [-0.15, -0.1) is 5.10 Å². The molecule has 4 aromatic rings. The Morgan fingerprint density at radius 3 is 2.51 bits per heavy atom. The average molecular weight is 502 g/mol. The summed E-state index contributed by atoms with van der Waals surface area (Å²) in [6.07, 6.45) is 3.71. The molecule has 12 nitrogen and oxygen atoms in total. The van der Waals surface area contributed by atoms with Gasteiger partial charge in [-0.3, -0.25) is 4.79 Å². The van der Waals surface area contributed by atoms with Crippen molar-refractivity contribution < 1.29 is 14.2 Å². The number of nitrogens with zero attached hydrogens (tertiary/aromatic N) is 7. The number of aromatic nitrogens is 5. The molecule has 0 aliphatic rings. The van der Waals surface area contributed by atoms with Crippen molar-refractivity contribution >= 4 is 29.2 Å². The van der Waals surface area contributed by atoms with Crippen LogP contribution >= 0.6 is 0 Å². The lowest BCUT2D eigenvalue weighted by Gasteiger charge is -2.11. The lowest BCUT2D eigenvalue weighted by molar-refractivity contribution is 0.0950. The normalized spacial score (nSPS) is 11.6. The monoisotopic (exact) mass is 501 g/mol. The molecule has 0 bridgehead atoms. The first kappa shape index (κ1) is 25.1. The van der Waals surface area contributed by atoms with E-state index in [0.717, 1.165) is 11.3 Å². The number of nitrogen functional groups attached to an aromatic ring is 1. The van der Waals surface area contributed by atoms with Gasteiger partial charge in [0.25, 0.3) is 5.91 Å². The first-order chi connectivity index (χ1) is 17.9. The van der Waals surface area contributed by atoms with E-state index < -0.39 is 5.91 Å². The highest BCUT2D eigenvalue weighted by Gasteiger charge is 2.25. The van der Waals surface area contributed by atoms with Crippen molar-refractivity contribution in [3.05, 3.63) is 65.9 Å². The second kappa shape index (κ2) is 11.2. The van der Waals surface area contributed by atoms with Gasteiger partial charge in [-0.05, 0) is 72.2 Å². The van der Waals surface area contributed by atoms with Crippen LogP contribution in [0, 0.1) is 0 Å². The van der Waals surface area contributed by atoms with Crippen molar-refractivity contribution in [2.24, 2.45) is 5.10 Å². The minimum atomic E-state index is -0.562. The van der Waals surface area contributed by atoms with Gasteiger partial charge < -0.3 is 15.4 Å². The predicted octanol–water partition coefficient (Wildman–Crippen LogP) is 3.18. The lowest BCUT2D eigenvalue weighted by Crippen LogP contribution is -2.20. The van der Waals surface area contributed by atoms with Crippen molar-refractivity contribution in [2.75, 3.05) is 31.3 Å². The Labute approximate surface area is 213 Å². The number of anilines is 2. The van der Waals surface area contributed by atoms with Crippen molar-refractivity contribution in [3.8, 4) is 22.8 Å². The number of hydrazone groups is 1. The molecule has 0 aliphatic heterocycles. The third-order valence-corrected chi connectivity index (χ3v) is 5.28. The summed E-state index contributed by atoms with van der Waals surface area (Å²) in [4.78, 5) is 15.1. The summed E-state index contributed by atoms with van der Waals surface area (Å²) >= 11 is 0. The standard InChI is InChI=1S/C25H27N9O3/c1-5-36-20-14-10-18(11-15-20)22-21(28-32-34(22)24-23(26)30-37-31-24)25(35)29-27-16(2)6-7-17-8-12-19(13-9-17)33(3)4/h6-15H,5H2,1-4H3,(H2,26,30)(H,29,35)/b7-6+,27-16-. The molecule has 37 heavy (non-hydrogen) atoms. The summed E-state index contributed by atoms with van der Waals surface area (Å²) in [5.74, 6) is 0.232. The second-order valence-corrected chi connectivity index (χ2v) is 8.14. The van der Waals surface area contributed by atoms with E-state index in [1.54, 1.807) is 37.3 Å².